The molecule has 0 radical (unpaired) electrons. The van der Waals surface area contributed by atoms with Gasteiger partial charge in [-0.3, -0.25) is 18.7 Å². The first-order valence-electron chi connectivity index (χ1n) is 6.15. The predicted octanol–water partition coefficient (Wildman–Crippen LogP) is 1.11. The van der Waals surface area contributed by atoms with E-state index >= 15 is 0 Å². The lowest BCUT2D eigenvalue weighted by Crippen LogP contribution is -2.13. The number of carbonyl (C=O) groups excluding carboxylic acids is 2. The van der Waals surface area contributed by atoms with Gasteiger partial charge in [-0.05, 0) is 42.5 Å². The molecular weight excluding hydrogens is 308 g/mol. The number of nitrogens with two attached hydrogens (primary N) is 1. The largest absolute Gasteiger partial charge is 0.366 e. The summed E-state index contributed by atoms with van der Waals surface area (Å²) >= 11 is 0. The Morgan fingerprint density at radius 2 is 1.59 bits per heavy atom. The van der Waals surface area contributed by atoms with Crippen molar-refractivity contribution in [1.29, 1.82) is 0 Å². The van der Waals surface area contributed by atoms with Crippen LogP contribution in [0.2, 0.25) is 0 Å². The van der Waals surface area contributed by atoms with Crippen molar-refractivity contribution in [2.75, 3.05) is 0 Å². The highest BCUT2D eigenvalue weighted by atomic mass is 32.2. The quantitative estimate of drug-likeness (QED) is 0.701. The van der Waals surface area contributed by atoms with E-state index in [1.807, 2.05) is 0 Å². The average Bonchev–Trinajstić information content (AvgIpc) is 3.03. The molecule has 2 aromatic heterocycles. The van der Waals surface area contributed by atoms with Crippen molar-refractivity contribution >= 4 is 33.0 Å². The number of hydrogen-bond donors (Lipinski definition) is 2. The van der Waals surface area contributed by atoms with E-state index in [1.165, 1.54) is 41.0 Å². The van der Waals surface area contributed by atoms with Gasteiger partial charge in [0.2, 0.25) is 5.91 Å². The zero-order valence-corrected chi connectivity index (χ0v) is 11.9. The summed E-state index contributed by atoms with van der Waals surface area (Å²) in [5, 5.41) is 0. The van der Waals surface area contributed by atoms with E-state index in [2.05, 4.69) is 0 Å². The second-order valence-electron chi connectivity index (χ2n) is 4.71. The van der Waals surface area contributed by atoms with Crippen LogP contribution in [0, 0.1) is 0 Å². The van der Waals surface area contributed by atoms with Gasteiger partial charge in [-0.25, -0.2) is 0 Å². The van der Waals surface area contributed by atoms with Crippen LogP contribution in [0.3, 0.4) is 0 Å². The van der Waals surface area contributed by atoms with Gasteiger partial charge < -0.3 is 5.73 Å². The Kier molecular flexibility index (Phi) is 3.01. The highest BCUT2D eigenvalue weighted by Gasteiger charge is 2.24. The zero-order chi connectivity index (χ0) is 16.1. The number of hydrogen-bond acceptors (Lipinski definition) is 4. The molecule has 1 amide bonds. The van der Waals surface area contributed by atoms with Crippen molar-refractivity contribution in [1.82, 2.24) is 4.57 Å². The number of carbonyl (C=O) groups is 2. The van der Waals surface area contributed by atoms with E-state index in [9.17, 15) is 18.0 Å². The fraction of sp³-hybridized carbons (Fsp3) is 0. The van der Waals surface area contributed by atoms with Gasteiger partial charge in [-0.1, -0.05) is 0 Å². The number of fused-ring (bicyclic) bond motifs is 2. The van der Waals surface area contributed by atoms with Gasteiger partial charge in [0.05, 0.1) is 11.0 Å². The van der Waals surface area contributed by atoms with Crippen LogP contribution in [-0.4, -0.2) is 29.4 Å². The molecule has 112 valence electrons. The molecular formula is C14H10N2O5S. The average molecular weight is 318 g/mol. The minimum absolute atomic E-state index is 0.0986. The predicted molar refractivity (Wildman–Crippen MR) is 77.6 cm³/mol. The van der Waals surface area contributed by atoms with Crippen molar-refractivity contribution in [3.05, 3.63) is 53.6 Å². The van der Waals surface area contributed by atoms with Crippen molar-refractivity contribution < 1.29 is 22.6 Å². The number of aromatic nitrogens is 1. The van der Waals surface area contributed by atoms with E-state index in [0.29, 0.717) is 5.52 Å². The Hall–Kier alpha value is -2.71. The SMILES string of the molecule is NC(=O)c1ccc(C(=O)n2c3ccc2c(S(=O)(=O)O)c3)cc1. The molecule has 7 nitrogen and oxygen atoms in total. The van der Waals surface area contributed by atoms with Gasteiger partial charge >= 0.3 is 0 Å². The van der Waals surface area contributed by atoms with E-state index in [0.717, 1.165) is 0 Å². The molecule has 1 aromatic carbocycles. The van der Waals surface area contributed by atoms with Crippen LogP contribution in [-0.2, 0) is 10.1 Å². The van der Waals surface area contributed by atoms with Gasteiger partial charge in [-0.15, -0.1) is 0 Å². The minimum Gasteiger partial charge on any atom is -0.366 e. The highest BCUT2D eigenvalue weighted by molar-refractivity contribution is 7.86. The third-order valence-electron chi connectivity index (χ3n) is 3.34. The van der Waals surface area contributed by atoms with Crippen LogP contribution in [0.15, 0.2) is 47.4 Å². The number of benzene rings is 2. The Morgan fingerprint density at radius 3 is 2.09 bits per heavy atom. The third-order valence-corrected chi connectivity index (χ3v) is 4.22. The van der Waals surface area contributed by atoms with E-state index in [1.54, 1.807) is 6.07 Å². The molecule has 0 aliphatic carbocycles. The van der Waals surface area contributed by atoms with Crippen molar-refractivity contribution in [2.45, 2.75) is 4.90 Å². The fourth-order valence-electron chi connectivity index (χ4n) is 2.31. The molecule has 3 rings (SSSR count). The van der Waals surface area contributed by atoms with Crippen LogP contribution in [0.1, 0.15) is 20.7 Å². The van der Waals surface area contributed by atoms with E-state index in [4.69, 9.17) is 10.3 Å². The summed E-state index contributed by atoms with van der Waals surface area (Å²) in [6, 6.07) is 9.90. The zero-order valence-electron chi connectivity index (χ0n) is 11.1. The monoisotopic (exact) mass is 318 g/mol. The highest BCUT2D eigenvalue weighted by Crippen LogP contribution is 2.27. The normalized spacial score (nSPS) is 11.9. The van der Waals surface area contributed by atoms with Crippen LogP contribution in [0.4, 0.5) is 0 Å². The summed E-state index contributed by atoms with van der Waals surface area (Å²) in [6.07, 6.45) is 0. The summed E-state index contributed by atoms with van der Waals surface area (Å²) in [6.45, 7) is 0. The van der Waals surface area contributed by atoms with Gasteiger partial charge in [0, 0.05) is 11.1 Å². The minimum atomic E-state index is -4.40. The van der Waals surface area contributed by atoms with Gasteiger partial charge in [0.15, 0.2) is 0 Å². The van der Waals surface area contributed by atoms with E-state index < -0.39 is 21.9 Å². The molecule has 0 saturated heterocycles. The first-order valence-corrected chi connectivity index (χ1v) is 7.59. The Morgan fingerprint density at radius 1 is 1.00 bits per heavy atom. The third kappa shape index (κ3) is 2.14. The molecule has 0 aliphatic heterocycles. The smallest absolute Gasteiger partial charge is 0.296 e. The molecule has 0 unspecified atom stereocenters. The molecule has 0 saturated carbocycles. The number of nitrogens with zero attached hydrogens (tertiary/aromatic N) is 1. The fourth-order valence-corrected chi connectivity index (χ4v) is 3.00. The summed E-state index contributed by atoms with van der Waals surface area (Å²) < 4.78 is 32.9. The molecule has 2 bridgehead atoms. The summed E-state index contributed by atoms with van der Waals surface area (Å²) in [4.78, 5) is 23.2. The van der Waals surface area contributed by atoms with Crippen molar-refractivity contribution in [3.8, 4) is 0 Å². The molecule has 8 heteroatoms. The van der Waals surface area contributed by atoms with Gasteiger partial charge in [0.1, 0.15) is 4.90 Å². The Balaban J connectivity index is 2.08. The first-order chi connectivity index (χ1) is 10.3. The van der Waals surface area contributed by atoms with E-state index in [-0.39, 0.29) is 21.5 Å². The molecule has 3 N–H and O–H groups in total. The summed E-state index contributed by atoms with van der Waals surface area (Å²) in [5.74, 6) is -1.08. The lowest BCUT2D eigenvalue weighted by molar-refractivity contribution is 0.0965. The second-order valence-corrected chi connectivity index (χ2v) is 6.10. The molecule has 3 aromatic rings. The van der Waals surface area contributed by atoms with Crippen molar-refractivity contribution in [2.24, 2.45) is 5.73 Å². The summed E-state index contributed by atoms with van der Waals surface area (Å²) in [5.41, 5.74) is 6.10. The van der Waals surface area contributed by atoms with Gasteiger partial charge in [-0.2, -0.15) is 8.42 Å². The lowest BCUT2D eigenvalue weighted by Gasteiger charge is -2.04. The maximum atomic E-state index is 12.5. The van der Waals surface area contributed by atoms with Crippen molar-refractivity contribution in [3.63, 3.8) is 0 Å². The molecule has 0 fully saturated rings. The van der Waals surface area contributed by atoms with Crippen LogP contribution >= 0.6 is 0 Å². The van der Waals surface area contributed by atoms with Crippen LogP contribution in [0.25, 0.3) is 11.0 Å². The summed E-state index contributed by atoms with van der Waals surface area (Å²) in [7, 11) is -4.40. The Bertz CT molecular complexity index is 986. The second kappa shape index (κ2) is 4.65. The maximum Gasteiger partial charge on any atom is 0.296 e. The molecule has 0 aliphatic rings. The number of primary amides is 1. The number of rotatable bonds is 3. The first kappa shape index (κ1) is 14.2. The molecule has 0 spiro atoms. The van der Waals surface area contributed by atoms with Gasteiger partial charge in [0.25, 0.3) is 16.0 Å². The molecule has 22 heavy (non-hydrogen) atoms. The van der Waals surface area contributed by atoms with Crippen LogP contribution < -0.4 is 5.73 Å². The molecule has 0 atom stereocenters. The topological polar surface area (TPSA) is 119 Å². The standard InChI is InChI=1S/C14H10N2O5S/c15-13(17)8-1-3-9(4-2-8)14(18)16-10-5-6-11(16)12(7-10)22(19,20)21/h1-7H,(H2,15,17)(H,19,20,21). The molecule has 2 heterocycles. The lowest BCUT2D eigenvalue weighted by atomic mass is 10.1. The maximum absolute atomic E-state index is 12.5. The van der Waals surface area contributed by atoms with Crippen LogP contribution in [0.5, 0.6) is 0 Å². The Labute approximate surface area is 125 Å². The number of amides is 1.